The maximum absolute atomic E-state index is 13.2. The summed E-state index contributed by atoms with van der Waals surface area (Å²) in [6.45, 7) is 1.35. The average molecular weight is 362 g/mol. The number of hydrogen-bond acceptors (Lipinski definition) is 3. The first-order valence-electron chi connectivity index (χ1n) is 7.77. The molecule has 0 amide bonds. The molecule has 0 spiro atoms. The average Bonchev–Trinajstić information content (AvgIpc) is 2.90. The third kappa shape index (κ3) is 3.44. The largest absolute Gasteiger partial charge is 0.387 e. The number of nitrogens with zero attached hydrogens (tertiary/aromatic N) is 1. The molecule has 132 valence electrons. The maximum Gasteiger partial charge on any atom is 0.240 e. The lowest BCUT2D eigenvalue weighted by Gasteiger charge is -2.13. The van der Waals surface area contributed by atoms with Crippen LogP contribution in [0.3, 0.4) is 0 Å². The summed E-state index contributed by atoms with van der Waals surface area (Å²) in [5.74, 6) is -0.493. The van der Waals surface area contributed by atoms with E-state index in [4.69, 9.17) is 0 Å². The predicted octanol–water partition coefficient (Wildman–Crippen LogP) is 2.64. The zero-order chi connectivity index (χ0) is 18.2. The number of aliphatic hydroxyl groups excluding tert-OH is 1. The maximum atomic E-state index is 13.2. The second-order valence-electron chi connectivity index (χ2n) is 5.99. The molecule has 1 heterocycles. The fraction of sp³-hybridized carbons (Fsp3) is 0.222. The van der Waals surface area contributed by atoms with Gasteiger partial charge in [0.15, 0.2) is 0 Å². The number of aryl methyl sites for hydroxylation is 2. The van der Waals surface area contributed by atoms with Crippen molar-refractivity contribution in [3.8, 4) is 0 Å². The highest BCUT2D eigenvalue weighted by molar-refractivity contribution is 7.89. The van der Waals surface area contributed by atoms with Gasteiger partial charge in [0.2, 0.25) is 10.0 Å². The quantitative estimate of drug-likeness (QED) is 0.733. The zero-order valence-corrected chi connectivity index (χ0v) is 14.7. The first-order chi connectivity index (χ1) is 11.8. The summed E-state index contributed by atoms with van der Waals surface area (Å²) in [6.07, 6.45) is 0.786. The molecular formula is C18H19FN2O3S. The van der Waals surface area contributed by atoms with Crippen LogP contribution >= 0.6 is 0 Å². The van der Waals surface area contributed by atoms with Gasteiger partial charge in [-0.2, -0.15) is 0 Å². The number of nitrogens with one attached hydrogen (secondary N) is 1. The molecule has 1 aromatic heterocycles. The van der Waals surface area contributed by atoms with Crippen LogP contribution in [0, 0.1) is 12.7 Å². The van der Waals surface area contributed by atoms with Crippen molar-refractivity contribution in [3.63, 3.8) is 0 Å². The molecule has 1 unspecified atom stereocenters. The number of hydrogen-bond donors (Lipinski definition) is 2. The molecule has 25 heavy (non-hydrogen) atoms. The Hall–Kier alpha value is -2.22. The van der Waals surface area contributed by atoms with E-state index in [9.17, 15) is 17.9 Å². The molecule has 3 aromatic rings. The van der Waals surface area contributed by atoms with E-state index >= 15 is 0 Å². The van der Waals surface area contributed by atoms with E-state index in [1.807, 2.05) is 35.9 Å². The number of sulfonamides is 1. The summed E-state index contributed by atoms with van der Waals surface area (Å²) in [7, 11) is -1.98. The number of aromatic nitrogens is 1. The molecule has 0 bridgehead atoms. The van der Waals surface area contributed by atoms with Crippen LogP contribution in [0.2, 0.25) is 0 Å². The van der Waals surface area contributed by atoms with Crippen LogP contribution in [0.4, 0.5) is 4.39 Å². The monoisotopic (exact) mass is 362 g/mol. The Morgan fingerprint density at radius 3 is 2.68 bits per heavy atom. The van der Waals surface area contributed by atoms with Gasteiger partial charge in [-0.15, -0.1) is 0 Å². The smallest absolute Gasteiger partial charge is 0.240 e. The predicted molar refractivity (Wildman–Crippen MR) is 94.2 cm³/mol. The van der Waals surface area contributed by atoms with E-state index in [-0.39, 0.29) is 11.4 Å². The standard InChI is InChI=1S/C18H19FN2O3S/c1-12-9-13(19)7-8-18(12)25(23,24)20-10-17(22)15-11-21(2)16-6-4-3-5-14(15)16/h3-9,11,17,20,22H,10H2,1-2H3. The molecule has 0 aliphatic carbocycles. The van der Waals surface area contributed by atoms with Crippen LogP contribution < -0.4 is 4.72 Å². The van der Waals surface area contributed by atoms with Gasteiger partial charge in [-0.1, -0.05) is 18.2 Å². The van der Waals surface area contributed by atoms with Crippen molar-refractivity contribution < 1.29 is 17.9 Å². The Kier molecular flexibility index (Phi) is 4.64. The van der Waals surface area contributed by atoms with Gasteiger partial charge < -0.3 is 9.67 Å². The van der Waals surface area contributed by atoms with Gasteiger partial charge in [-0.3, -0.25) is 0 Å². The lowest BCUT2D eigenvalue weighted by atomic mass is 10.1. The molecule has 2 aromatic carbocycles. The molecule has 0 fully saturated rings. The lowest BCUT2D eigenvalue weighted by Crippen LogP contribution is -2.29. The second-order valence-corrected chi connectivity index (χ2v) is 7.73. The molecule has 0 radical (unpaired) electrons. The SMILES string of the molecule is Cc1cc(F)ccc1S(=O)(=O)NCC(O)c1cn(C)c2ccccc12. The van der Waals surface area contributed by atoms with Gasteiger partial charge in [0.25, 0.3) is 0 Å². The number of para-hydroxylation sites is 1. The van der Waals surface area contributed by atoms with E-state index in [0.29, 0.717) is 11.1 Å². The van der Waals surface area contributed by atoms with Crippen molar-refractivity contribution in [3.05, 3.63) is 65.6 Å². The van der Waals surface area contributed by atoms with Crippen molar-refractivity contribution in [2.24, 2.45) is 7.05 Å². The van der Waals surface area contributed by atoms with Crippen molar-refractivity contribution in [2.75, 3.05) is 6.54 Å². The number of rotatable bonds is 5. The molecule has 5 nitrogen and oxygen atoms in total. The summed E-state index contributed by atoms with van der Waals surface area (Å²) in [4.78, 5) is -0.000908. The van der Waals surface area contributed by atoms with E-state index in [0.717, 1.165) is 23.0 Å². The topological polar surface area (TPSA) is 71.3 Å². The van der Waals surface area contributed by atoms with Crippen molar-refractivity contribution in [1.29, 1.82) is 0 Å². The van der Waals surface area contributed by atoms with Gasteiger partial charge in [-0.25, -0.2) is 17.5 Å². The van der Waals surface area contributed by atoms with Crippen molar-refractivity contribution in [2.45, 2.75) is 17.9 Å². The fourth-order valence-corrected chi connectivity index (χ4v) is 4.19. The van der Waals surface area contributed by atoms with Gasteiger partial charge in [0, 0.05) is 36.3 Å². The summed E-state index contributed by atoms with van der Waals surface area (Å²) in [5.41, 5.74) is 1.91. The van der Waals surface area contributed by atoms with Crippen LogP contribution in [0.25, 0.3) is 10.9 Å². The Bertz CT molecular complexity index is 1030. The summed E-state index contributed by atoms with van der Waals surface area (Å²) >= 11 is 0. The third-order valence-electron chi connectivity index (χ3n) is 4.18. The molecule has 3 rings (SSSR count). The summed E-state index contributed by atoms with van der Waals surface area (Å²) < 4.78 is 42.3. The Morgan fingerprint density at radius 2 is 1.96 bits per heavy atom. The molecule has 7 heteroatoms. The number of benzene rings is 2. The minimum Gasteiger partial charge on any atom is -0.387 e. The molecule has 0 aliphatic rings. The number of fused-ring (bicyclic) bond motifs is 1. The summed E-state index contributed by atoms with van der Waals surface area (Å²) in [6, 6.07) is 11.1. The fourth-order valence-electron chi connectivity index (χ4n) is 2.93. The number of aliphatic hydroxyl groups is 1. The Labute approximate surface area is 145 Å². The minimum absolute atomic E-state index is 0.000908. The molecular weight excluding hydrogens is 343 g/mol. The van der Waals surface area contributed by atoms with E-state index in [1.165, 1.54) is 13.0 Å². The lowest BCUT2D eigenvalue weighted by molar-refractivity contribution is 0.183. The molecule has 2 N–H and O–H groups in total. The third-order valence-corrected chi connectivity index (χ3v) is 5.76. The number of halogens is 1. The van der Waals surface area contributed by atoms with Gasteiger partial charge in [-0.05, 0) is 36.8 Å². The van der Waals surface area contributed by atoms with Crippen LogP contribution in [-0.4, -0.2) is 24.6 Å². The Morgan fingerprint density at radius 1 is 1.24 bits per heavy atom. The van der Waals surface area contributed by atoms with E-state index in [1.54, 1.807) is 6.20 Å². The van der Waals surface area contributed by atoms with Crippen LogP contribution in [0.15, 0.2) is 53.6 Å². The van der Waals surface area contributed by atoms with Gasteiger partial charge in [0.1, 0.15) is 5.82 Å². The first-order valence-corrected chi connectivity index (χ1v) is 9.26. The van der Waals surface area contributed by atoms with E-state index < -0.39 is 21.9 Å². The van der Waals surface area contributed by atoms with Crippen molar-refractivity contribution in [1.82, 2.24) is 9.29 Å². The Balaban J connectivity index is 1.82. The summed E-state index contributed by atoms with van der Waals surface area (Å²) in [5, 5.41) is 11.3. The van der Waals surface area contributed by atoms with Crippen LogP contribution in [-0.2, 0) is 17.1 Å². The van der Waals surface area contributed by atoms with Crippen LogP contribution in [0.5, 0.6) is 0 Å². The highest BCUT2D eigenvalue weighted by atomic mass is 32.2. The highest BCUT2D eigenvalue weighted by Crippen LogP contribution is 2.26. The zero-order valence-electron chi connectivity index (χ0n) is 13.9. The molecule has 0 saturated heterocycles. The minimum atomic E-state index is -3.84. The van der Waals surface area contributed by atoms with Crippen molar-refractivity contribution >= 4 is 20.9 Å². The van der Waals surface area contributed by atoms with E-state index in [2.05, 4.69) is 4.72 Å². The molecule has 0 aliphatic heterocycles. The molecule has 0 saturated carbocycles. The molecule has 1 atom stereocenters. The first kappa shape index (κ1) is 17.6. The highest BCUT2D eigenvalue weighted by Gasteiger charge is 2.21. The van der Waals surface area contributed by atoms with Gasteiger partial charge >= 0.3 is 0 Å². The van der Waals surface area contributed by atoms with Crippen LogP contribution in [0.1, 0.15) is 17.2 Å². The second kappa shape index (κ2) is 6.59. The normalized spacial score (nSPS) is 13.3. The van der Waals surface area contributed by atoms with Gasteiger partial charge in [0.05, 0.1) is 11.0 Å².